The van der Waals surface area contributed by atoms with Crippen LogP contribution in [-0.2, 0) is 4.74 Å². The van der Waals surface area contributed by atoms with Gasteiger partial charge in [0, 0.05) is 4.88 Å². The molecule has 0 spiro atoms. The minimum atomic E-state index is -0.519. The van der Waals surface area contributed by atoms with Gasteiger partial charge in [0.15, 0.2) is 6.29 Å². The fourth-order valence-electron chi connectivity index (χ4n) is 1.95. The Balaban J connectivity index is 2.37. The van der Waals surface area contributed by atoms with Crippen LogP contribution in [0, 0.1) is 6.92 Å². The lowest BCUT2D eigenvalue weighted by Gasteiger charge is -2.19. The van der Waals surface area contributed by atoms with Crippen molar-refractivity contribution in [2.75, 3.05) is 0 Å². The number of esters is 1. The first-order valence-electron chi connectivity index (χ1n) is 6.69. The second-order valence-electron chi connectivity index (χ2n) is 5.91. The maximum absolute atomic E-state index is 12.2. The molecule has 0 atom stereocenters. The molecule has 0 aliphatic carbocycles. The molecule has 1 heterocycles. The predicted molar refractivity (Wildman–Crippen MR) is 85.0 cm³/mol. The molecule has 0 saturated heterocycles. The highest BCUT2D eigenvalue weighted by molar-refractivity contribution is 7.17. The monoisotopic (exact) mass is 302 g/mol. The Hall–Kier alpha value is -1.94. The Kier molecular flexibility index (Phi) is 4.28. The summed E-state index contributed by atoms with van der Waals surface area (Å²) in [5, 5.41) is 0. The highest BCUT2D eigenvalue weighted by Gasteiger charge is 2.18. The van der Waals surface area contributed by atoms with E-state index in [0.29, 0.717) is 10.4 Å². The lowest BCUT2D eigenvalue weighted by molar-refractivity contribution is 0.00694. The second kappa shape index (κ2) is 5.82. The van der Waals surface area contributed by atoms with Crippen LogP contribution in [0.4, 0.5) is 0 Å². The number of rotatable bonds is 3. The van der Waals surface area contributed by atoms with Crippen molar-refractivity contribution in [3.05, 3.63) is 46.3 Å². The first kappa shape index (κ1) is 15.4. The Morgan fingerprint density at radius 2 is 1.90 bits per heavy atom. The molecule has 0 aliphatic heterocycles. The van der Waals surface area contributed by atoms with Crippen LogP contribution in [-0.4, -0.2) is 17.9 Å². The van der Waals surface area contributed by atoms with Gasteiger partial charge in [-0.3, -0.25) is 4.79 Å². The second-order valence-corrected chi connectivity index (χ2v) is 7.02. The van der Waals surface area contributed by atoms with Crippen molar-refractivity contribution < 1.29 is 14.3 Å². The smallest absolute Gasteiger partial charge is 0.338 e. The normalized spacial score (nSPS) is 11.2. The van der Waals surface area contributed by atoms with Crippen LogP contribution in [0.15, 0.2) is 30.3 Å². The Labute approximate surface area is 128 Å². The van der Waals surface area contributed by atoms with Gasteiger partial charge in [-0.25, -0.2) is 4.79 Å². The first-order valence-corrected chi connectivity index (χ1v) is 7.50. The third-order valence-electron chi connectivity index (χ3n) is 2.74. The van der Waals surface area contributed by atoms with Crippen LogP contribution in [0.1, 0.15) is 46.4 Å². The standard InChI is InChI=1S/C17H18O3S/c1-11-7-12(15-6-5-14(10-18)21-15)9-13(8-11)16(19)20-17(2,3)4/h5-10H,1-4H3. The van der Waals surface area contributed by atoms with Gasteiger partial charge in [0.05, 0.1) is 10.4 Å². The van der Waals surface area contributed by atoms with Gasteiger partial charge < -0.3 is 4.74 Å². The minimum absolute atomic E-state index is 0.334. The summed E-state index contributed by atoms with van der Waals surface area (Å²) in [6.07, 6.45) is 0.832. The van der Waals surface area contributed by atoms with Gasteiger partial charge >= 0.3 is 5.97 Å². The molecule has 2 rings (SSSR count). The molecule has 0 bridgehead atoms. The summed E-state index contributed by atoms with van der Waals surface area (Å²) in [6.45, 7) is 7.47. The third-order valence-corrected chi connectivity index (χ3v) is 3.80. The van der Waals surface area contributed by atoms with Crippen molar-refractivity contribution in [2.24, 2.45) is 0 Å². The van der Waals surface area contributed by atoms with Crippen molar-refractivity contribution in [3.63, 3.8) is 0 Å². The van der Waals surface area contributed by atoms with Gasteiger partial charge in [-0.05, 0) is 63.1 Å². The van der Waals surface area contributed by atoms with Gasteiger partial charge in [0.25, 0.3) is 0 Å². The number of benzene rings is 1. The summed E-state index contributed by atoms with van der Waals surface area (Å²) in [5.74, 6) is -0.334. The van der Waals surface area contributed by atoms with Crippen LogP contribution in [0.3, 0.4) is 0 Å². The van der Waals surface area contributed by atoms with Gasteiger partial charge in [-0.1, -0.05) is 6.07 Å². The molecule has 2 aromatic rings. The van der Waals surface area contributed by atoms with E-state index in [4.69, 9.17) is 4.74 Å². The summed E-state index contributed by atoms with van der Waals surface area (Å²) < 4.78 is 5.40. The number of thiophene rings is 1. The Morgan fingerprint density at radius 3 is 2.48 bits per heavy atom. The number of carbonyl (C=O) groups is 2. The van der Waals surface area contributed by atoms with E-state index in [9.17, 15) is 9.59 Å². The number of hydrogen-bond donors (Lipinski definition) is 0. The van der Waals surface area contributed by atoms with Crippen molar-refractivity contribution in [2.45, 2.75) is 33.3 Å². The number of aldehydes is 1. The van der Waals surface area contributed by atoms with Crippen molar-refractivity contribution in [3.8, 4) is 10.4 Å². The van der Waals surface area contributed by atoms with E-state index in [1.807, 2.05) is 52.0 Å². The molecule has 1 aromatic carbocycles. The van der Waals surface area contributed by atoms with E-state index in [1.165, 1.54) is 11.3 Å². The summed E-state index contributed by atoms with van der Waals surface area (Å²) in [6, 6.07) is 9.28. The average Bonchev–Trinajstić information content (AvgIpc) is 2.84. The van der Waals surface area contributed by atoms with E-state index >= 15 is 0 Å². The SMILES string of the molecule is Cc1cc(C(=O)OC(C)(C)C)cc(-c2ccc(C=O)s2)c1. The van der Waals surface area contributed by atoms with Crippen LogP contribution in [0.5, 0.6) is 0 Å². The molecule has 3 nitrogen and oxygen atoms in total. The van der Waals surface area contributed by atoms with Gasteiger partial charge in [-0.2, -0.15) is 0 Å². The van der Waals surface area contributed by atoms with E-state index in [0.717, 1.165) is 22.3 Å². The number of aryl methyl sites for hydroxylation is 1. The molecule has 0 saturated carbocycles. The number of ether oxygens (including phenoxy) is 1. The van der Waals surface area contributed by atoms with E-state index in [-0.39, 0.29) is 5.97 Å². The molecule has 0 amide bonds. The fraction of sp³-hybridized carbons (Fsp3) is 0.294. The summed E-state index contributed by atoms with van der Waals surface area (Å²) in [7, 11) is 0. The molecular formula is C17H18O3S. The molecule has 0 aliphatic rings. The van der Waals surface area contributed by atoms with Gasteiger partial charge in [0.2, 0.25) is 0 Å². The predicted octanol–water partition coefficient (Wildman–Crippen LogP) is 4.49. The highest BCUT2D eigenvalue weighted by Crippen LogP contribution is 2.29. The van der Waals surface area contributed by atoms with Crippen LogP contribution >= 0.6 is 11.3 Å². The zero-order valence-corrected chi connectivity index (χ0v) is 13.4. The summed E-state index contributed by atoms with van der Waals surface area (Å²) in [5.41, 5.74) is 1.92. The quantitative estimate of drug-likeness (QED) is 0.619. The molecular weight excluding hydrogens is 284 g/mol. The highest BCUT2D eigenvalue weighted by atomic mass is 32.1. The number of hydrogen-bond acceptors (Lipinski definition) is 4. The molecule has 4 heteroatoms. The summed E-state index contributed by atoms with van der Waals surface area (Å²) >= 11 is 1.41. The molecule has 1 aromatic heterocycles. The first-order chi connectivity index (χ1) is 9.78. The van der Waals surface area contributed by atoms with Crippen molar-refractivity contribution in [1.29, 1.82) is 0 Å². The van der Waals surface area contributed by atoms with Crippen molar-refractivity contribution >= 4 is 23.6 Å². The molecule has 0 N–H and O–H groups in total. The van der Waals surface area contributed by atoms with Crippen LogP contribution in [0.2, 0.25) is 0 Å². The lowest BCUT2D eigenvalue weighted by atomic mass is 10.0. The lowest BCUT2D eigenvalue weighted by Crippen LogP contribution is -2.23. The summed E-state index contributed by atoms with van der Waals surface area (Å²) in [4.78, 5) is 24.6. The molecule has 0 unspecified atom stereocenters. The van der Waals surface area contributed by atoms with Gasteiger partial charge in [-0.15, -0.1) is 11.3 Å². The zero-order chi connectivity index (χ0) is 15.6. The van der Waals surface area contributed by atoms with E-state index < -0.39 is 5.60 Å². The Morgan fingerprint density at radius 1 is 1.19 bits per heavy atom. The third kappa shape index (κ3) is 4.02. The van der Waals surface area contributed by atoms with Crippen molar-refractivity contribution in [1.82, 2.24) is 0 Å². The van der Waals surface area contributed by atoms with E-state index in [1.54, 1.807) is 6.07 Å². The van der Waals surface area contributed by atoms with Gasteiger partial charge in [0.1, 0.15) is 5.60 Å². The largest absolute Gasteiger partial charge is 0.456 e. The molecule has 21 heavy (non-hydrogen) atoms. The topological polar surface area (TPSA) is 43.4 Å². The number of carbonyl (C=O) groups excluding carboxylic acids is 2. The average molecular weight is 302 g/mol. The minimum Gasteiger partial charge on any atom is -0.456 e. The maximum Gasteiger partial charge on any atom is 0.338 e. The molecule has 0 radical (unpaired) electrons. The zero-order valence-electron chi connectivity index (χ0n) is 12.6. The fourth-order valence-corrected chi connectivity index (χ4v) is 2.76. The maximum atomic E-state index is 12.2. The van der Waals surface area contributed by atoms with E-state index in [2.05, 4.69) is 0 Å². The van der Waals surface area contributed by atoms with Crippen LogP contribution < -0.4 is 0 Å². The Bertz CT molecular complexity index is 678. The molecule has 110 valence electrons. The van der Waals surface area contributed by atoms with Crippen LogP contribution in [0.25, 0.3) is 10.4 Å². The molecule has 0 fully saturated rings.